The Hall–Kier alpha value is -2.37. The van der Waals surface area contributed by atoms with E-state index in [-0.39, 0.29) is 0 Å². The molecule has 0 amide bonds. The Morgan fingerprint density at radius 3 is 2.13 bits per heavy atom. The average molecular weight is 424 g/mol. The predicted octanol–water partition coefficient (Wildman–Crippen LogP) is 7.86. The average Bonchev–Trinajstić information content (AvgIpc) is 2.71. The summed E-state index contributed by atoms with van der Waals surface area (Å²) in [6.07, 6.45) is 5.12. The van der Waals surface area contributed by atoms with Gasteiger partial charge in [-0.3, -0.25) is 0 Å². The van der Waals surface area contributed by atoms with E-state index in [0.717, 1.165) is 18.8 Å². The van der Waals surface area contributed by atoms with Gasteiger partial charge in [0.05, 0.1) is 0 Å². The van der Waals surface area contributed by atoms with Crippen molar-refractivity contribution in [2.45, 2.75) is 57.5 Å². The molecule has 0 atom stereocenters. The van der Waals surface area contributed by atoms with Crippen molar-refractivity contribution >= 4 is 6.08 Å². The number of alkyl halides is 2. The number of rotatable bonds is 7. The molecule has 0 unspecified atom stereocenters. The van der Waals surface area contributed by atoms with E-state index in [9.17, 15) is 22.0 Å². The van der Waals surface area contributed by atoms with Gasteiger partial charge in [0.1, 0.15) is 5.75 Å². The summed E-state index contributed by atoms with van der Waals surface area (Å²) in [5, 5.41) is 0. The first kappa shape index (κ1) is 22.3. The molecule has 3 rings (SSSR count). The summed E-state index contributed by atoms with van der Waals surface area (Å²) in [6.45, 7) is 2.21. The highest BCUT2D eigenvalue weighted by molar-refractivity contribution is 5.51. The number of benzene rings is 2. The van der Waals surface area contributed by atoms with E-state index in [1.165, 1.54) is 37.3 Å². The van der Waals surface area contributed by atoms with Gasteiger partial charge >= 0.3 is 6.11 Å². The second kappa shape index (κ2) is 9.63. The van der Waals surface area contributed by atoms with Crippen LogP contribution >= 0.6 is 0 Å². The Labute approximate surface area is 173 Å². The molecule has 1 aliphatic rings. The van der Waals surface area contributed by atoms with Crippen molar-refractivity contribution in [1.29, 1.82) is 0 Å². The smallest absolute Gasteiger partial charge is 0.419 e. The Bertz CT molecular complexity index is 845. The summed E-state index contributed by atoms with van der Waals surface area (Å²) in [5.41, 5.74) is 1.76. The molecule has 0 radical (unpaired) electrons. The van der Waals surface area contributed by atoms with Crippen LogP contribution in [-0.4, -0.2) is 6.11 Å². The van der Waals surface area contributed by atoms with Gasteiger partial charge in [-0.05, 0) is 54.7 Å². The van der Waals surface area contributed by atoms with E-state index in [1.54, 1.807) is 12.1 Å². The third-order valence-electron chi connectivity index (χ3n) is 5.63. The van der Waals surface area contributed by atoms with E-state index in [4.69, 9.17) is 0 Å². The minimum Gasteiger partial charge on any atom is -0.429 e. The molecule has 2 aromatic rings. The molecule has 6 heteroatoms. The molecule has 0 aliphatic heterocycles. The van der Waals surface area contributed by atoms with Crippen molar-refractivity contribution in [2.75, 3.05) is 0 Å². The number of hydrogen-bond donors (Lipinski definition) is 0. The van der Waals surface area contributed by atoms with Crippen molar-refractivity contribution in [2.24, 2.45) is 5.92 Å². The van der Waals surface area contributed by atoms with Gasteiger partial charge in [-0.25, -0.2) is 13.2 Å². The van der Waals surface area contributed by atoms with E-state index in [1.807, 2.05) is 12.1 Å². The number of ether oxygens (including phenoxy) is 1. The van der Waals surface area contributed by atoms with Gasteiger partial charge in [0.2, 0.25) is 0 Å². The van der Waals surface area contributed by atoms with Gasteiger partial charge in [-0.1, -0.05) is 44.0 Å². The van der Waals surface area contributed by atoms with Crippen LogP contribution in [0.1, 0.15) is 62.5 Å². The first-order valence-corrected chi connectivity index (χ1v) is 10.3. The molecule has 0 aromatic heterocycles. The summed E-state index contributed by atoms with van der Waals surface area (Å²) in [5.74, 6) is -4.40. The van der Waals surface area contributed by atoms with E-state index < -0.39 is 29.3 Å². The molecular weight excluding hydrogens is 399 g/mol. The number of halogens is 5. The van der Waals surface area contributed by atoms with Gasteiger partial charge in [0.15, 0.2) is 17.5 Å². The predicted molar refractivity (Wildman–Crippen MR) is 107 cm³/mol. The maximum absolute atomic E-state index is 14.0. The Morgan fingerprint density at radius 2 is 1.57 bits per heavy atom. The Balaban J connectivity index is 1.60. The van der Waals surface area contributed by atoms with Crippen molar-refractivity contribution < 1.29 is 26.7 Å². The van der Waals surface area contributed by atoms with Crippen LogP contribution in [0.2, 0.25) is 0 Å². The minimum absolute atomic E-state index is 0.379. The molecule has 0 heterocycles. The molecule has 162 valence electrons. The fourth-order valence-electron chi connectivity index (χ4n) is 4.05. The van der Waals surface area contributed by atoms with E-state index in [2.05, 4.69) is 11.7 Å². The lowest BCUT2D eigenvalue weighted by atomic mass is 9.77. The van der Waals surface area contributed by atoms with Gasteiger partial charge in [-0.15, -0.1) is 0 Å². The molecule has 0 spiro atoms. The SMILES string of the molecule is CCCC1CCC(c2ccc(C=CC(F)(F)Oc3cc(F)c(F)c(F)c3)cc2)CC1. The second-order valence-corrected chi connectivity index (χ2v) is 7.87. The zero-order valence-electron chi connectivity index (χ0n) is 16.8. The maximum Gasteiger partial charge on any atom is 0.419 e. The van der Waals surface area contributed by atoms with Crippen molar-refractivity contribution in [1.82, 2.24) is 0 Å². The fourth-order valence-corrected chi connectivity index (χ4v) is 4.05. The molecule has 1 aliphatic carbocycles. The van der Waals surface area contributed by atoms with Crippen LogP contribution in [0.3, 0.4) is 0 Å². The standard InChI is InChI=1S/C24H25F5O/c1-2-3-16-4-8-18(9-5-16)19-10-6-17(7-11-19)12-13-24(28,29)30-20-14-21(25)23(27)22(26)15-20/h6-7,10-16,18H,2-5,8-9H2,1H3. The lowest BCUT2D eigenvalue weighted by Gasteiger charge is -2.28. The molecule has 2 aromatic carbocycles. The van der Waals surface area contributed by atoms with Gasteiger partial charge in [-0.2, -0.15) is 8.78 Å². The quantitative estimate of drug-likeness (QED) is 0.325. The van der Waals surface area contributed by atoms with Gasteiger partial charge in [0.25, 0.3) is 0 Å². The molecule has 0 saturated heterocycles. The molecular formula is C24H25F5O. The van der Waals surface area contributed by atoms with Crippen LogP contribution in [0.4, 0.5) is 22.0 Å². The molecule has 0 N–H and O–H groups in total. The van der Waals surface area contributed by atoms with Crippen molar-refractivity contribution in [3.8, 4) is 5.75 Å². The second-order valence-electron chi connectivity index (χ2n) is 7.87. The highest BCUT2D eigenvalue weighted by Crippen LogP contribution is 2.37. The molecule has 1 fully saturated rings. The first-order chi connectivity index (χ1) is 14.3. The highest BCUT2D eigenvalue weighted by atomic mass is 19.3. The lowest BCUT2D eigenvalue weighted by Crippen LogP contribution is -2.21. The zero-order chi connectivity index (χ0) is 21.7. The van der Waals surface area contributed by atoms with Crippen LogP contribution in [0.5, 0.6) is 5.75 Å². The lowest BCUT2D eigenvalue weighted by molar-refractivity contribution is -0.131. The normalized spacial score (nSPS) is 19.9. The van der Waals surface area contributed by atoms with E-state index >= 15 is 0 Å². The van der Waals surface area contributed by atoms with Crippen LogP contribution in [0.15, 0.2) is 42.5 Å². The summed E-state index contributed by atoms with van der Waals surface area (Å²) >= 11 is 0. The Morgan fingerprint density at radius 1 is 0.967 bits per heavy atom. The minimum atomic E-state index is -3.81. The number of hydrogen-bond acceptors (Lipinski definition) is 1. The third kappa shape index (κ3) is 5.83. The van der Waals surface area contributed by atoms with Gasteiger partial charge < -0.3 is 4.74 Å². The van der Waals surface area contributed by atoms with Crippen molar-refractivity contribution in [3.05, 3.63) is 71.1 Å². The third-order valence-corrected chi connectivity index (χ3v) is 5.63. The summed E-state index contributed by atoms with van der Waals surface area (Å²) in [7, 11) is 0. The van der Waals surface area contributed by atoms with Crippen LogP contribution in [-0.2, 0) is 0 Å². The highest BCUT2D eigenvalue weighted by Gasteiger charge is 2.29. The molecule has 30 heavy (non-hydrogen) atoms. The van der Waals surface area contributed by atoms with Crippen molar-refractivity contribution in [3.63, 3.8) is 0 Å². The monoisotopic (exact) mass is 424 g/mol. The summed E-state index contributed by atoms with van der Waals surface area (Å²) in [4.78, 5) is 0. The topological polar surface area (TPSA) is 9.23 Å². The summed E-state index contributed by atoms with van der Waals surface area (Å²) < 4.78 is 71.5. The van der Waals surface area contributed by atoms with Crippen LogP contribution in [0.25, 0.3) is 6.08 Å². The fraction of sp³-hybridized carbons (Fsp3) is 0.417. The largest absolute Gasteiger partial charge is 0.429 e. The first-order valence-electron chi connectivity index (χ1n) is 10.3. The maximum atomic E-state index is 14.0. The van der Waals surface area contributed by atoms with Gasteiger partial charge in [0, 0.05) is 18.2 Å². The van der Waals surface area contributed by atoms with Crippen LogP contribution in [0, 0.1) is 23.4 Å². The van der Waals surface area contributed by atoms with E-state index in [0.29, 0.717) is 29.7 Å². The zero-order valence-corrected chi connectivity index (χ0v) is 16.8. The summed E-state index contributed by atoms with van der Waals surface area (Å²) in [6, 6.07) is 8.19. The Kier molecular flexibility index (Phi) is 7.16. The van der Waals surface area contributed by atoms with Crippen LogP contribution < -0.4 is 4.74 Å². The molecule has 1 saturated carbocycles. The molecule has 0 bridgehead atoms. The molecule has 1 nitrogen and oxygen atoms in total.